The number of ether oxygens (including phenoxy) is 1. The van der Waals surface area contributed by atoms with Crippen molar-refractivity contribution in [3.05, 3.63) is 59.7 Å². The Morgan fingerprint density at radius 2 is 1.88 bits per heavy atom. The van der Waals surface area contributed by atoms with Gasteiger partial charge in [0.05, 0.1) is 6.61 Å². The van der Waals surface area contributed by atoms with Gasteiger partial charge in [-0.2, -0.15) is 0 Å². The maximum absolute atomic E-state index is 12.0. The van der Waals surface area contributed by atoms with Crippen LogP contribution in [0.1, 0.15) is 18.1 Å². The average Bonchev–Trinajstić information content (AvgIpc) is 3.00. The SMILES string of the molecule is CC(=O)Nc1cccc(NC(=O)/C=C/c2ccc3c(c2)CCO3)c1. The lowest BCUT2D eigenvalue weighted by Crippen LogP contribution is -2.09. The van der Waals surface area contributed by atoms with Gasteiger partial charge in [0.25, 0.3) is 0 Å². The van der Waals surface area contributed by atoms with Crippen LogP contribution in [0, 0.1) is 0 Å². The van der Waals surface area contributed by atoms with Crippen LogP contribution in [0.15, 0.2) is 48.5 Å². The molecule has 2 N–H and O–H groups in total. The first kappa shape index (κ1) is 15.8. The summed E-state index contributed by atoms with van der Waals surface area (Å²) in [6.45, 7) is 2.16. The van der Waals surface area contributed by atoms with Crippen LogP contribution in [0.3, 0.4) is 0 Å². The highest BCUT2D eigenvalue weighted by Crippen LogP contribution is 2.26. The summed E-state index contributed by atoms with van der Waals surface area (Å²) in [5, 5.41) is 5.46. The Labute approximate surface area is 140 Å². The lowest BCUT2D eigenvalue weighted by Gasteiger charge is -2.06. The standard InChI is InChI=1S/C19H18N2O3/c1-13(22)20-16-3-2-4-17(12-16)21-19(23)8-6-14-5-7-18-15(11-14)9-10-24-18/h2-8,11-12H,9-10H2,1H3,(H,20,22)(H,21,23)/b8-6+. The van der Waals surface area contributed by atoms with Crippen LogP contribution in [0.5, 0.6) is 5.75 Å². The molecule has 1 heterocycles. The molecule has 122 valence electrons. The van der Waals surface area contributed by atoms with Crippen LogP contribution in [-0.2, 0) is 16.0 Å². The van der Waals surface area contributed by atoms with E-state index in [9.17, 15) is 9.59 Å². The second-order valence-electron chi connectivity index (χ2n) is 5.55. The third kappa shape index (κ3) is 4.01. The number of nitrogens with one attached hydrogen (secondary N) is 2. The summed E-state index contributed by atoms with van der Waals surface area (Å²) < 4.78 is 5.46. The summed E-state index contributed by atoms with van der Waals surface area (Å²) in [5.41, 5.74) is 3.39. The number of anilines is 2. The van der Waals surface area contributed by atoms with Gasteiger partial charge in [0.2, 0.25) is 11.8 Å². The summed E-state index contributed by atoms with van der Waals surface area (Å²) in [5.74, 6) is 0.539. The molecule has 5 heteroatoms. The molecule has 0 saturated carbocycles. The first-order chi connectivity index (χ1) is 11.6. The molecule has 3 rings (SSSR count). The smallest absolute Gasteiger partial charge is 0.248 e. The second kappa shape index (κ2) is 7.00. The monoisotopic (exact) mass is 322 g/mol. The molecule has 0 bridgehead atoms. The maximum Gasteiger partial charge on any atom is 0.248 e. The van der Waals surface area contributed by atoms with E-state index in [1.165, 1.54) is 18.6 Å². The van der Waals surface area contributed by atoms with Gasteiger partial charge in [0.15, 0.2) is 0 Å². The van der Waals surface area contributed by atoms with Crippen molar-refractivity contribution in [3.8, 4) is 5.75 Å². The van der Waals surface area contributed by atoms with Crippen molar-refractivity contribution in [2.24, 2.45) is 0 Å². The fourth-order valence-corrected chi connectivity index (χ4v) is 2.54. The molecule has 0 atom stereocenters. The predicted octanol–water partition coefficient (Wildman–Crippen LogP) is 3.23. The highest BCUT2D eigenvalue weighted by atomic mass is 16.5. The van der Waals surface area contributed by atoms with E-state index in [4.69, 9.17) is 4.74 Å². The van der Waals surface area contributed by atoms with Gasteiger partial charge in [-0.1, -0.05) is 12.1 Å². The summed E-state index contributed by atoms with van der Waals surface area (Å²) in [6.07, 6.45) is 4.16. The van der Waals surface area contributed by atoms with Gasteiger partial charge >= 0.3 is 0 Å². The first-order valence-electron chi connectivity index (χ1n) is 7.72. The zero-order valence-corrected chi connectivity index (χ0v) is 13.3. The van der Waals surface area contributed by atoms with E-state index >= 15 is 0 Å². The average molecular weight is 322 g/mol. The van der Waals surface area contributed by atoms with E-state index in [2.05, 4.69) is 10.6 Å². The Bertz CT molecular complexity index is 812. The normalized spacial score (nSPS) is 12.5. The van der Waals surface area contributed by atoms with E-state index in [1.54, 1.807) is 30.3 Å². The van der Waals surface area contributed by atoms with Crippen LogP contribution in [0.4, 0.5) is 11.4 Å². The molecule has 2 amide bonds. The molecular formula is C19H18N2O3. The lowest BCUT2D eigenvalue weighted by atomic mass is 10.1. The van der Waals surface area contributed by atoms with Crippen LogP contribution in [-0.4, -0.2) is 18.4 Å². The van der Waals surface area contributed by atoms with Gasteiger partial charge in [-0.25, -0.2) is 0 Å². The third-order valence-electron chi connectivity index (χ3n) is 3.59. The van der Waals surface area contributed by atoms with Crippen LogP contribution < -0.4 is 15.4 Å². The van der Waals surface area contributed by atoms with Gasteiger partial charge in [0, 0.05) is 30.8 Å². The highest BCUT2D eigenvalue weighted by Gasteiger charge is 2.11. The minimum atomic E-state index is -0.230. The Morgan fingerprint density at radius 1 is 1.08 bits per heavy atom. The van der Waals surface area contributed by atoms with Crippen LogP contribution in [0.25, 0.3) is 6.08 Å². The van der Waals surface area contributed by atoms with Crippen LogP contribution >= 0.6 is 0 Å². The first-order valence-corrected chi connectivity index (χ1v) is 7.72. The Balaban J connectivity index is 1.64. The minimum Gasteiger partial charge on any atom is -0.493 e. The number of amides is 2. The van der Waals surface area contributed by atoms with Crippen molar-refractivity contribution in [2.75, 3.05) is 17.2 Å². The van der Waals surface area contributed by atoms with E-state index in [1.807, 2.05) is 18.2 Å². The molecule has 0 aromatic heterocycles. The Kier molecular flexibility index (Phi) is 4.61. The number of carbonyl (C=O) groups is 2. The fraction of sp³-hybridized carbons (Fsp3) is 0.158. The van der Waals surface area contributed by atoms with Crippen molar-refractivity contribution >= 4 is 29.3 Å². The van der Waals surface area contributed by atoms with E-state index in [0.29, 0.717) is 18.0 Å². The molecule has 24 heavy (non-hydrogen) atoms. The lowest BCUT2D eigenvalue weighted by molar-refractivity contribution is -0.114. The quantitative estimate of drug-likeness (QED) is 0.849. The zero-order chi connectivity index (χ0) is 16.9. The third-order valence-corrected chi connectivity index (χ3v) is 3.59. The molecule has 0 saturated heterocycles. The van der Waals surface area contributed by atoms with Crippen LogP contribution in [0.2, 0.25) is 0 Å². The van der Waals surface area contributed by atoms with Crippen molar-refractivity contribution < 1.29 is 14.3 Å². The predicted molar refractivity (Wildman–Crippen MR) is 94.1 cm³/mol. The summed E-state index contributed by atoms with van der Waals surface area (Å²) in [4.78, 5) is 23.1. The fourth-order valence-electron chi connectivity index (χ4n) is 2.54. The molecule has 0 fully saturated rings. The molecule has 5 nitrogen and oxygen atoms in total. The minimum absolute atomic E-state index is 0.154. The summed E-state index contributed by atoms with van der Waals surface area (Å²) in [7, 11) is 0. The Hall–Kier alpha value is -3.08. The molecule has 0 unspecified atom stereocenters. The second-order valence-corrected chi connectivity index (χ2v) is 5.55. The molecule has 0 spiro atoms. The number of rotatable bonds is 4. The van der Waals surface area contributed by atoms with Crippen molar-refractivity contribution in [1.29, 1.82) is 0 Å². The van der Waals surface area contributed by atoms with Crippen molar-refractivity contribution in [1.82, 2.24) is 0 Å². The van der Waals surface area contributed by atoms with Gasteiger partial charge in [-0.15, -0.1) is 0 Å². The number of benzene rings is 2. The summed E-state index contributed by atoms with van der Waals surface area (Å²) in [6, 6.07) is 12.9. The highest BCUT2D eigenvalue weighted by molar-refractivity contribution is 6.02. The number of hydrogen-bond donors (Lipinski definition) is 2. The van der Waals surface area contributed by atoms with Gasteiger partial charge in [0.1, 0.15) is 5.75 Å². The van der Waals surface area contributed by atoms with E-state index in [0.717, 1.165) is 17.7 Å². The number of carbonyl (C=O) groups excluding carboxylic acids is 2. The largest absolute Gasteiger partial charge is 0.493 e. The molecule has 2 aromatic rings. The Morgan fingerprint density at radius 3 is 2.67 bits per heavy atom. The molecule has 1 aliphatic rings. The van der Waals surface area contributed by atoms with Gasteiger partial charge in [-0.05, 0) is 47.5 Å². The van der Waals surface area contributed by atoms with E-state index < -0.39 is 0 Å². The topological polar surface area (TPSA) is 67.4 Å². The molecular weight excluding hydrogens is 304 g/mol. The molecule has 0 radical (unpaired) electrons. The van der Waals surface area contributed by atoms with Gasteiger partial charge < -0.3 is 15.4 Å². The van der Waals surface area contributed by atoms with Gasteiger partial charge in [-0.3, -0.25) is 9.59 Å². The molecule has 0 aliphatic carbocycles. The number of hydrogen-bond acceptors (Lipinski definition) is 3. The zero-order valence-electron chi connectivity index (χ0n) is 13.3. The van der Waals surface area contributed by atoms with E-state index in [-0.39, 0.29) is 11.8 Å². The maximum atomic E-state index is 12.0. The number of fused-ring (bicyclic) bond motifs is 1. The van der Waals surface area contributed by atoms with Crippen molar-refractivity contribution in [3.63, 3.8) is 0 Å². The van der Waals surface area contributed by atoms with Crippen molar-refractivity contribution in [2.45, 2.75) is 13.3 Å². The molecule has 2 aromatic carbocycles. The molecule has 1 aliphatic heterocycles. The summed E-state index contributed by atoms with van der Waals surface area (Å²) >= 11 is 0.